The lowest BCUT2D eigenvalue weighted by Gasteiger charge is -2.22. The van der Waals surface area contributed by atoms with Crippen LogP contribution in [-0.2, 0) is 0 Å². The molecule has 5 rings (SSSR count). The number of aromatic amines is 1. The number of para-hydroxylation sites is 1. The van der Waals surface area contributed by atoms with Crippen LogP contribution >= 0.6 is 0 Å². The highest BCUT2D eigenvalue weighted by Crippen LogP contribution is 2.26. The lowest BCUT2D eigenvalue weighted by atomic mass is 10.1. The highest BCUT2D eigenvalue weighted by molar-refractivity contribution is 5.81. The van der Waals surface area contributed by atoms with Crippen molar-refractivity contribution in [1.29, 1.82) is 0 Å². The van der Waals surface area contributed by atoms with E-state index in [1.54, 1.807) is 4.57 Å². The Kier molecular flexibility index (Phi) is 5.08. The third-order valence-corrected chi connectivity index (χ3v) is 5.73. The first-order chi connectivity index (χ1) is 16.0. The number of hydrogen-bond donors (Lipinski definition) is 2. The molecule has 33 heavy (non-hydrogen) atoms. The van der Waals surface area contributed by atoms with Crippen LogP contribution in [0.1, 0.15) is 36.3 Å². The zero-order chi connectivity index (χ0) is 23.1. The molecule has 0 aliphatic rings. The number of hydrogen-bond acceptors (Lipinski definition) is 6. The van der Waals surface area contributed by atoms with Crippen molar-refractivity contribution in [3.05, 3.63) is 82.0 Å². The second kappa shape index (κ2) is 8.09. The maximum absolute atomic E-state index is 13.8. The van der Waals surface area contributed by atoms with Gasteiger partial charge in [-0.15, -0.1) is 0 Å². The molecule has 0 aliphatic carbocycles. The van der Waals surface area contributed by atoms with Crippen LogP contribution in [-0.4, -0.2) is 29.5 Å². The quantitative estimate of drug-likeness (QED) is 0.391. The van der Waals surface area contributed by atoms with E-state index in [9.17, 15) is 9.18 Å². The number of rotatable bonds is 5. The Hall–Kier alpha value is -4.14. The number of imidazole rings is 1. The maximum Gasteiger partial charge on any atom is 0.310 e. The van der Waals surface area contributed by atoms with Crippen molar-refractivity contribution in [2.75, 3.05) is 5.32 Å². The van der Waals surface area contributed by atoms with Gasteiger partial charge in [-0.05, 0) is 43.5 Å². The molecule has 0 spiro atoms. The smallest absolute Gasteiger partial charge is 0.310 e. The summed E-state index contributed by atoms with van der Waals surface area (Å²) in [5, 5.41) is 3.90. The van der Waals surface area contributed by atoms with Gasteiger partial charge in [-0.25, -0.2) is 9.97 Å². The van der Waals surface area contributed by atoms with Crippen molar-refractivity contribution in [2.45, 2.75) is 33.2 Å². The molecule has 2 aromatic carbocycles. The molecule has 3 heterocycles. The van der Waals surface area contributed by atoms with Crippen LogP contribution in [0.2, 0.25) is 0 Å². The van der Waals surface area contributed by atoms with E-state index in [0.29, 0.717) is 34.6 Å². The SMILES string of the molecule is CCC(Nc1nc2nc(F)ncc2[nH]1)c1nc2cccc(C)c2c(=O)n1-c1ccccc1C. The van der Waals surface area contributed by atoms with E-state index in [1.807, 2.05) is 63.2 Å². The van der Waals surface area contributed by atoms with Crippen molar-refractivity contribution in [3.63, 3.8) is 0 Å². The average Bonchev–Trinajstić information content (AvgIpc) is 3.19. The van der Waals surface area contributed by atoms with Gasteiger partial charge in [0, 0.05) is 0 Å². The standard InChI is InChI=1S/C24H22FN7O/c1-4-15(28-24-29-17-12-26-23(25)30-20(17)31-24)21-27-16-10-7-9-14(3)19(16)22(33)32(21)18-11-6-5-8-13(18)2/h5-12,15H,4H2,1-3H3,(H2,26,28,29,30,31). The number of halogens is 1. The fraction of sp³-hybridized carbons (Fsp3) is 0.208. The molecule has 0 amide bonds. The molecule has 0 aliphatic heterocycles. The van der Waals surface area contributed by atoms with Crippen LogP contribution in [0.15, 0.2) is 53.5 Å². The molecule has 0 fully saturated rings. The van der Waals surface area contributed by atoms with Crippen LogP contribution in [0.4, 0.5) is 10.3 Å². The summed E-state index contributed by atoms with van der Waals surface area (Å²) >= 11 is 0. The summed E-state index contributed by atoms with van der Waals surface area (Å²) in [6, 6.07) is 13.0. The number of nitrogens with one attached hydrogen (secondary N) is 2. The molecule has 0 saturated carbocycles. The first kappa shape index (κ1) is 20.7. The van der Waals surface area contributed by atoms with E-state index in [2.05, 4.69) is 25.3 Å². The molecule has 9 heteroatoms. The number of nitrogens with zero attached hydrogens (tertiary/aromatic N) is 5. The molecule has 0 radical (unpaired) electrons. The Balaban J connectivity index is 1.71. The average molecular weight is 443 g/mol. The lowest BCUT2D eigenvalue weighted by Crippen LogP contribution is -2.29. The third kappa shape index (κ3) is 3.61. The Morgan fingerprint density at radius 3 is 2.64 bits per heavy atom. The predicted octanol–water partition coefficient (Wildman–Crippen LogP) is 4.37. The van der Waals surface area contributed by atoms with Gasteiger partial charge in [-0.1, -0.05) is 37.3 Å². The summed E-state index contributed by atoms with van der Waals surface area (Å²) in [7, 11) is 0. The van der Waals surface area contributed by atoms with Gasteiger partial charge >= 0.3 is 6.08 Å². The van der Waals surface area contributed by atoms with E-state index in [4.69, 9.17) is 4.98 Å². The number of fused-ring (bicyclic) bond motifs is 2. The first-order valence-corrected chi connectivity index (χ1v) is 10.7. The summed E-state index contributed by atoms with van der Waals surface area (Å²) in [4.78, 5) is 33.4. The summed E-state index contributed by atoms with van der Waals surface area (Å²) < 4.78 is 15.1. The van der Waals surface area contributed by atoms with Gasteiger partial charge in [0.25, 0.3) is 5.56 Å². The van der Waals surface area contributed by atoms with Crippen molar-refractivity contribution >= 4 is 28.0 Å². The number of aryl methyl sites for hydroxylation is 2. The topological polar surface area (TPSA) is 101 Å². The van der Waals surface area contributed by atoms with Gasteiger partial charge in [0.2, 0.25) is 5.95 Å². The van der Waals surface area contributed by atoms with E-state index < -0.39 is 6.08 Å². The number of H-pyrrole nitrogens is 1. The van der Waals surface area contributed by atoms with E-state index in [-0.39, 0.29) is 17.2 Å². The molecule has 0 saturated heterocycles. The first-order valence-electron chi connectivity index (χ1n) is 10.7. The highest BCUT2D eigenvalue weighted by Gasteiger charge is 2.22. The molecule has 166 valence electrons. The molecule has 5 aromatic rings. The highest BCUT2D eigenvalue weighted by atomic mass is 19.1. The summed E-state index contributed by atoms with van der Waals surface area (Å²) in [6.45, 7) is 5.88. The molecular weight excluding hydrogens is 421 g/mol. The van der Waals surface area contributed by atoms with Crippen molar-refractivity contribution < 1.29 is 4.39 Å². The second-order valence-corrected chi connectivity index (χ2v) is 7.93. The largest absolute Gasteiger partial charge is 0.346 e. The summed E-state index contributed by atoms with van der Waals surface area (Å²) in [6.07, 6.45) is 1.12. The van der Waals surface area contributed by atoms with Gasteiger partial charge in [-0.3, -0.25) is 9.36 Å². The van der Waals surface area contributed by atoms with E-state index >= 15 is 0 Å². The fourth-order valence-corrected chi connectivity index (χ4v) is 4.06. The fourth-order valence-electron chi connectivity index (χ4n) is 4.06. The maximum atomic E-state index is 13.8. The number of aromatic nitrogens is 6. The molecule has 0 bridgehead atoms. The van der Waals surface area contributed by atoms with Crippen LogP contribution in [0.3, 0.4) is 0 Å². The lowest BCUT2D eigenvalue weighted by molar-refractivity contribution is 0.544. The normalized spacial score (nSPS) is 12.4. The summed E-state index contributed by atoms with van der Waals surface area (Å²) in [5.41, 5.74) is 3.84. The van der Waals surface area contributed by atoms with Crippen molar-refractivity contribution in [2.24, 2.45) is 0 Å². The summed E-state index contributed by atoms with van der Waals surface area (Å²) in [5.74, 6) is 0.958. The molecule has 3 aromatic heterocycles. The molecule has 1 atom stereocenters. The minimum absolute atomic E-state index is 0.125. The van der Waals surface area contributed by atoms with Crippen molar-refractivity contribution in [1.82, 2.24) is 29.5 Å². The van der Waals surface area contributed by atoms with Gasteiger partial charge in [0.15, 0.2) is 5.65 Å². The monoisotopic (exact) mass is 443 g/mol. The van der Waals surface area contributed by atoms with Gasteiger partial charge in [0.1, 0.15) is 11.3 Å². The molecule has 1 unspecified atom stereocenters. The zero-order valence-corrected chi connectivity index (χ0v) is 18.4. The molecule has 8 nitrogen and oxygen atoms in total. The predicted molar refractivity (Wildman–Crippen MR) is 125 cm³/mol. The third-order valence-electron chi connectivity index (χ3n) is 5.73. The second-order valence-electron chi connectivity index (χ2n) is 7.93. The minimum atomic E-state index is -0.840. The van der Waals surface area contributed by atoms with E-state index in [1.165, 1.54) is 6.20 Å². The number of anilines is 1. The Morgan fingerprint density at radius 1 is 1.06 bits per heavy atom. The van der Waals surface area contributed by atoms with E-state index in [0.717, 1.165) is 16.8 Å². The van der Waals surface area contributed by atoms with Crippen LogP contribution in [0.5, 0.6) is 0 Å². The van der Waals surface area contributed by atoms with Gasteiger partial charge in [0.05, 0.1) is 28.8 Å². The minimum Gasteiger partial charge on any atom is -0.346 e. The van der Waals surface area contributed by atoms with Crippen LogP contribution in [0.25, 0.3) is 27.8 Å². The molecular formula is C24H22FN7O. The van der Waals surface area contributed by atoms with Gasteiger partial charge in [-0.2, -0.15) is 14.4 Å². The number of benzene rings is 2. The Morgan fingerprint density at radius 2 is 1.85 bits per heavy atom. The Bertz CT molecular complexity index is 1560. The molecule has 2 N–H and O–H groups in total. The zero-order valence-electron chi connectivity index (χ0n) is 18.4. The Labute approximate surface area is 188 Å². The van der Waals surface area contributed by atoms with Crippen LogP contribution < -0.4 is 10.9 Å². The van der Waals surface area contributed by atoms with Crippen LogP contribution in [0, 0.1) is 19.9 Å². The van der Waals surface area contributed by atoms with Gasteiger partial charge < -0.3 is 10.3 Å². The van der Waals surface area contributed by atoms with Crippen molar-refractivity contribution in [3.8, 4) is 5.69 Å².